The van der Waals surface area contributed by atoms with Crippen LogP contribution in [0.3, 0.4) is 0 Å². The molecule has 0 saturated carbocycles. The molecule has 0 aliphatic carbocycles. The molecule has 2 unspecified atom stereocenters. The van der Waals surface area contributed by atoms with Gasteiger partial charge in [-0.2, -0.15) is 11.8 Å². The van der Waals surface area contributed by atoms with Crippen molar-refractivity contribution in [3.05, 3.63) is 29.0 Å². The molecule has 0 amide bonds. The second-order valence-corrected chi connectivity index (χ2v) is 6.58. The van der Waals surface area contributed by atoms with Gasteiger partial charge in [-0.25, -0.2) is 0 Å². The van der Waals surface area contributed by atoms with Crippen molar-refractivity contribution in [1.29, 1.82) is 0 Å². The molecular formula is C12H17ClN2S. The predicted molar refractivity (Wildman–Crippen MR) is 71.0 cm³/mol. The number of aromatic nitrogens is 1. The molecule has 16 heavy (non-hydrogen) atoms. The molecule has 2 rings (SSSR count). The lowest BCUT2D eigenvalue weighted by molar-refractivity contribution is 0.482. The van der Waals surface area contributed by atoms with E-state index >= 15 is 0 Å². The highest BCUT2D eigenvalue weighted by molar-refractivity contribution is 8.00. The van der Waals surface area contributed by atoms with Crippen LogP contribution in [-0.4, -0.2) is 21.5 Å². The Morgan fingerprint density at radius 3 is 3.12 bits per heavy atom. The molecule has 1 fully saturated rings. The van der Waals surface area contributed by atoms with Crippen LogP contribution >= 0.6 is 23.4 Å². The van der Waals surface area contributed by atoms with Crippen molar-refractivity contribution in [3.8, 4) is 0 Å². The minimum atomic E-state index is 0.167. The van der Waals surface area contributed by atoms with E-state index in [2.05, 4.69) is 11.9 Å². The van der Waals surface area contributed by atoms with E-state index in [0.29, 0.717) is 0 Å². The smallest absolute Gasteiger partial charge is 0.0621 e. The lowest BCUT2D eigenvalue weighted by Crippen LogP contribution is -2.42. The fourth-order valence-corrected chi connectivity index (χ4v) is 3.65. The Kier molecular flexibility index (Phi) is 3.77. The molecule has 4 heteroatoms. The molecule has 1 saturated heterocycles. The van der Waals surface area contributed by atoms with Crippen LogP contribution in [0.5, 0.6) is 0 Å². The monoisotopic (exact) mass is 256 g/mol. The molecule has 88 valence electrons. The van der Waals surface area contributed by atoms with Gasteiger partial charge in [0.05, 0.1) is 5.02 Å². The van der Waals surface area contributed by atoms with Crippen LogP contribution in [0, 0.1) is 0 Å². The lowest BCUT2D eigenvalue weighted by Gasteiger charge is -2.30. The minimum absolute atomic E-state index is 0.167. The van der Waals surface area contributed by atoms with Crippen LogP contribution in [0.2, 0.25) is 5.02 Å². The maximum absolute atomic E-state index is 6.31. The van der Waals surface area contributed by atoms with E-state index in [1.807, 2.05) is 17.8 Å². The van der Waals surface area contributed by atoms with Crippen LogP contribution in [-0.2, 0) is 6.42 Å². The van der Waals surface area contributed by atoms with Crippen LogP contribution in [0.25, 0.3) is 0 Å². The minimum Gasteiger partial charge on any atom is -0.326 e. The first kappa shape index (κ1) is 12.2. The first-order chi connectivity index (χ1) is 7.62. The third-order valence-electron chi connectivity index (χ3n) is 3.33. The van der Waals surface area contributed by atoms with Crippen LogP contribution < -0.4 is 5.73 Å². The molecular weight excluding hydrogens is 240 g/mol. The maximum Gasteiger partial charge on any atom is 0.0621 e. The summed E-state index contributed by atoms with van der Waals surface area (Å²) in [6.07, 6.45) is 6.79. The molecule has 1 aromatic heterocycles. The van der Waals surface area contributed by atoms with Gasteiger partial charge in [0.1, 0.15) is 0 Å². The fraction of sp³-hybridized carbons (Fsp3) is 0.583. The summed E-state index contributed by atoms with van der Waals surface area (Å²) in [5.41, 5.74) is 7.42. The second kappa shape index (κ2) is 4.94. The SMILES string of the molecule is CC1(C(N)Cc2ccncc2Cl)CCCS1. The third kappa shape index (κ3) is 2.53. The van der Waals surface area contributed by atoms with Crippen molar-refractivity contribution in [1.82, 2.24) is 4.98 Å². The van der Waals surface area contributed by atoms with Crippen molar-refractivity contribution >= 4 is 23.4 Å². The molecule has 2 N–H and O–H groups in total. The Hall–Kier alpha value is -0.250. The van der Waals surface area contributed by atoms with E-state index in [0.717, 1.165) is 17.0 Å². The Balaban J connectivity index is 2.07. The molecule has 0 bridgehead atoms. The third-order valence-corrected chi connectivity index (χ3v) is 5.33. The zero-order valence-electron chi connectivity index (χ0n) is 9.45. The van der Waals surface area contributed by atoms with Gasteiger partial charge in [-0.05, 0) is 43.6 Å². The van der Waals surface area contributed by atoms with Crippen LogP contribution in [0.15, 0.2) is 18.5 Å². The quantitative estimate of drug-likeness (QED) is 0.904. The van der Waals surface area contributed by atoms with E-state index in [9.17, 15) is 0 Å². The summed E-state index contributed by atoms with van der Waals surface area (Å²) >= 11 is 8.09. The highest BCUT2D eigenvalue weighted by atomic mass is 35.5. The number of rotatable bonds is 3. The molecule has 1 aliphatic rings. The van der Waals surface area contributed by atoms with Crippen molar-refractivity contribution in [2.75, 3.05) is 5.75 Å². The number of nitrogens with zero attached hydrogens (tertiary/aromatic N) is 1. The van der Waals surface area contributed by atoms with E-state index in [4.69, 9.17) is 17.3 Å². The highest BCUT2D eigenvalue weighted by Gasteiger charge is 2.35. The molecule has 1 aromatic rings. The number of hydrogen-bond acceptors (Lipinski definition) is 3. The van der Waals surface area contributed by atoms with Gasteiger partial charge in [-0.1, -0.05) is 11.6 Å². The van der Waals surface area contributed by atoms with Gasteiger partial charge in [0, 0.05) is 23.2 Å². The van der Waals surface area contributed by atoms with Crippen LogP contribution in [0.4, 0.5) is 0 Å². The Bertz CT molecular complexity index is 364. The number of nitrogens with two attached hydrogens (primary N) is 1. The Labute approximate surface area is 106 Å². The summed E-state index contributed by atoms with van der Waals surface area (Å²) < 4.78 is 0.215. The summed E-state index contributed by atoms with van der Waals surface area (Å²) in [5, 5.41) is 0.726. The molecule has 2 atom stereocenters. The summed E-state index contributed by atoms with van der Waals surface area (Å²) in [6, 6.07) is 2.13. The largest absolute Gasteiger partial charge is 0.326 e. The van der Waals surface area contributed by atoms with Gasteiger partial charge in [-0.15, -0.1) is 0 Å². The Morgan fingerprint density at radius 1 is 1.69 bits per heavy atom. The van der Waals surface area contributed by atoms with Gasteiger partial charge < -0.3 is 5.73 Å². The van der Waals surface area contributed by atoms with Crippen molar-refractivity contribution < 1.29 is 0 Å². The fourth-order valence-electron chi connectivity index (χ4n) is 2.12. The molecule has 0 radical (unpaired) electrons. The lowest BCUT2D eigenvalue weighted by atomic mass is 9.92. The summed E-state index contributed by atoms with van der Waals surface area (Å²) in [6.45, 7) is 2.27. The number of pyridine rings is 1. The van der Waals surface area contributed by atoms with Gasteiger partial charge >= 0.3 is 0 Å². The molecule has 1 aliphatic heterocycles. The zero-order chi connectivity index (χ0) is 11.6. The molecule has 2 heterocycles. The van der Waals surface area contributed by atoms with Crippen molar-refractivity contribution in [2.24, 2.45) is 5.73 Å². The molecule has 0 spiro atoms. The van der Waals surface area contributed by atoms with Gasteiger partial charge in [-0.3, -0.25) is 4.98 Å². The number of thioether (sulfide) groups is 1. The average molecular weight is 257 g/mol. The van der Waals surface area contributed by atoms with Crippen LogP contribution in [0.1, 0.15) is 25.3 Å². The molecule has 2 nitrogen and oxygen atoms in total. The van der Waals surface area contributed by atoms with Crippen molar-refractivity contribution in [2.45, 2.75) is 37.0 Å². The van der Waals surface area contributed by atoms with Gasteiger partial charge in [0.25, 0.3) is 0 Å². The maximum atomic E-state index is 6.31. The Morgan fingerprint density at radius 2 is 2.50 bits per heavy atom. The first-order valence-corrected chi connectivity index (χ1v) is 6.96. The standard InChI is InChI=1S/C12H17ClN2S/c1-12(4-2-6-16-12)11(14)7-9-3-5-15-8-10(9)13/h3,5,8,11H,2,4,6-7,14H2,1H3. The van der Waals surface area contributed by atoms with E-state index in [1.54, 1.807) is 12.4 Å². The second-order valence-electron chi connectivity index (χ2n) is 4.54. The normalized spacial score (nSPS) is 26.9. The summed E-state index contributed by atoms with van der Waals surface area (Å²) in [5.74, 6) is 1.23. The topological polar surface area (TPSA) is 38.9 Å². The number of halogens is 1. The number of hydrogen-bond donors (Lipinski definition) is 1. The van der Waals surface area contributed by atoms with E-state index < -0.39 is 0 Å². The van der Waals surface area contributed by atoms with Crippen molar-refractivity contribution in [3.63, 3.8) is 0 Å². The van der Waals surface area contributed by atoms with E-state index in [-0.39, 0.29) is 10.8 Å². The van der Waals surface area contributed by atoms with Gasteiger partial charge in [0.15, 0.2) is 0 Å². The molecule has 0 aromatic carbocycles. The summed E-state index contributed by atoms with van der Waals surface area (Å²) in [7, 11) is 0. The predicted octanol–water partition coefficient (Wildman–Crippen LogP) is 2.89. The average Bonchev–Trinajstić information content (AvgIpc) is 2.70. The van der Waals surface area contributed by atoms with Gasteiger partial charge in [0.2, 0.25) is 0 Å². The summed E-state index contributed by atoms with van der Waals surface area (Å²) in [4.78, 5) is 3.99. The van der Waals surface area contributed by atoms with E-state index in [1.165, 1.54) is 18.6 Å². The first-order valence-electron chi connectivity index (χ1n) is 5.60. The zero-order valence-corrected chi connectivity index (χ0v) is 11.0. The highest BCUT2D eigenvalue weighted by Crippen LogP contribution is 2.40.